The van der Waals surface area contributed by atoms with Gasteiger partial charge in [0.15, 0.2) is 0 Å². The summed E-state index contributed by atoms with van der Waals surface area (Å²) < 4.78 is 0. The third-order valence-electron chi connectivity index (χ3n) is 2.89. The van der Waals surface area contributed by atoms with Gasteiger partial charge >= 0.3 is 0 Å². The zero-order valence-electron chi connectivity index (χ0n) is 11.6. The maximum atomic E-state index is 12.3. The van der Waals surface area contributed by atoms with Gasteiger partial charge in [0.1, 0.15) is 5.38 Å². The van der Waals surface area contributed by atoms with Gasteiger partial charge < -0.3 is 4.90 Å². The number of carbonyl (C=O) groups is 1. The van der Waals surface area contributed by atoms with Crippen molar-refractivity contribution in [3.05, 3.63) is 35.9 Å². The van der Waals surface area contributed by atoms with Crippen LogP contribution >= 0.6 is 11.6 Å². The van der Waals surface area contributed by atoms with Crippen LogP contribution in [-0.2, 0) is 11.2 Å². The normalized spacial score (nSPS) is 12.8. The molecule has 0 aliphatic carbocycles. The molecular formula is C15H22ClNO. The Morgan fingerprint density at radius 3 is 2.06 bits per heavy atom. The third-order valence-corrected chi connectivity index (χ3v) is 3.23. The highest BCUT2D eigenvalue weighted by atomic mass is 35.5. The van der Waals surface area contributed by atoms with Crippen molar-refractivity contribution < 1.29 is 4.79 Å². The lowest BCUT2D eigenvalue weighted by Crippen LogP contribution is -2.46. The van der Waals surface area contributed by atoms with E-state index < -0.39 is 5.38 Å². The molecule has 1 atom stereocenters. The van der Waals surface area contributed by atoms with Crippen LogP contribution in [0.15, 0.2) is 30.3 Å². The molecule has 0 radical (unpaired) electrons. The zero-order chi connectivity index (χ0) is 13.7. The second-order valence-electron chi connectivity index (χ2n) is 5.09. The molecule has 0 fully saturated rings. The Kier molecular flexibility index (Phi) is 5.67. The van der Waals surface area contributed by atoms with Crippen LogP contribution in [0.25, 0.3) is 0 Å². The molecule has 0 saturated heterocycles. The number of hydrogen-bond acceptors (Lipinski definition) is 1. The number of hydrogen-bond donors (Lipinski definition) is 0. The van der Waals surface area contributed by atoms with Gasteiger partial charge in [-0.05, 0) is 39.7 Å². The van der Waals surface area contributed by atoms with Gasteiger partial charge in [0.25, 0.3) is 0 Å². The number of amides is 1. The minimum atomic E-state index is -0.489. The molecule has 0 aromatic heterocycles. The molecular weight excluding hydrogens is 246 g/mol. The van der Waals surface area contributed by atoms with Crippen LogP contribution in [0.2, 0.25) is 0 Å². The number of benzene rings is 1. The van der Waals surface area contributed by atoms with Gasteiger partial charge in [-0.15, -0.1) is 11.6 Å². The summed E-state index contributed by atoms with van der Waals surface area (Å²) in [5.74, 6) is 0.0190. The van der Waals surface area contributed by atoms with Gasteiger partial charge in [-0.2, -0.15) is 0 Å². The number of nitrogens with zero attached hydrogens (tertiary/aromatic N) is 1. The summed E-state index contributed by atoms with van der Waals surface area (Å²) in [4.78, 5) is 14.2. The maximum absolute atomic E-state index is 12.3. The van der Waals surface area contributed by atoms with E-state index in [1.807, 2.05) is 62.9 Å². The van der Waals surface area contributed by atoms with Crippen molar-refractivity contribution >= 4 is 17.5 Å². The van der Waals surface area contributed by atoms with Crippen LogP contribution in [-0.4, -0.2) is 28.3 Å². The molecule has 100 valence electrons. The highest BCUT2D eigenvalue weighted by Crippen LogP contribution is 2.15. The van der Waals surface area contributed by atoms with Crippen LogP contribution in [0.5, 0.6) is 0 Å². The number of rotatable bonds is 5. The molecule has 1 aromatic carbocycles. The van der Waals surface area contributed by atoms with Crippen molar-refractivity contribution in [2.24, 2.45) is 0 Å². The summed E-state index contributed by atoms with van der Waals surface area (Å²) in [5.41, 5.74) is 1.10. The summed E-state index contributed by atoms with van der Waals surface area (Å²) >= 11 is 6.26. The lowest BCUT2D eigenvalue weighted by atomic mass is 10.1. The first-order valence-electron chi connectivity index (χ1n) is 6.43. The van der Waals surface area contributed by atoms with Gasteiger partial charge in [-0.25, -0.2) is 0 Å². The van der Waals surface area contributed by atoms with Crippen molar-refractivity contribution in [2.45, 2.75) is 51.6 Å². The van der Waals surface area contributed by atoms with E-state index in [0.717, 1.165) is 5.56 Å². The Bertz CT molecular complexity index is 367. The van der Waals surface area contributed by atoms with Crippen molar-refractivity contribution in [3.63, 3.8) is 0 Å². The molecule has 1 aromatic rings. The quantitative estimate of drug-likeness (QED) is 0.748. The lowest BCUT2D eigenvalue weighted by Gasteiger charge is -2.32. The van der Waals surface area contributed by atoms with Gasteiger partial charge in [-0.3, -0.25) is 4.79 Å². The second kappa shape index (κ2) is 6.79. The van der Waals surface area contributed by atoms with Gasteiger partial charge in [0, 0.05) is 12.1 Å². The molecule has 3 heteroatoms. The van der Waals surface area contributed by atoms with Crippen LogP contribution < -0.4 is 0 Å². The molecule has 0 bridgehead atoms. The van der Waals surface area contributed by atoms with E-state index in [4.69, 9.17) is 11.6 Å². The number of halogens is 1. The van der Waals surface area contributed by atoms with Crippen molar-refractivity contribution in [2.75, 3.05) is 0 Å². The molecule has 18 heavy (non-hydrogen) atoms. The summed E-state index contributed by atoms with van der Waals surface area (Å²) in [6, 6.07) is 10.2. The number of carbonyl (C=O) groups excluding carboxylic acids is 1. The van der Waals surface area contributed by atoms with E-state index in [0.29, 0.717) is 6.42 Å². The van der Waals surface area contributed by atoms with Crippen molar-refractivity contribution in [3.8, 4) is 0 Å². The molecule has 1 amide bonds. The fourth-order valence-corrected chi connectivity index (χ4v) is 2.47. The van der Waals surface area contributed by atoms with E-state index in [1.54, 1.807) is 0 Å². The summed E-state index contributed by atoms with van der Waals surface area (Å²) in [5, 5.41) is -0.489. The molecule has 0 aliphatic rings. The van der Waals surface area contributed by atoms with E-state index in [2.05, 4.69) is 0 Å². The smallest absolute Gasteiger partial charge is 0.241 e. The first-order chi connectivity index (χ1) is 8.43. The molecule has 0 unspecified atom stereocenters. The summed E-state index contributed by atoms with van der Waals surface area (Å²) in [6.07, 6.45) is 0.581. The molecule has 0 saturated carbocycles. The first-order valence-corrected chi connectivity index (χ1v) is 6.87. The maximum Gasteiger partial charge on any atom is 0.241 e. The molecule has 1 rings (SSSR count). The molecule has 0 N–H and O–H groups in total. The largest absolute Gasteiger partial charge is 0.337 e. The van der Waals surface area contributed by atoms with E-state index in [1.165, 1.54) is 0 Å². The Hall–Kier alpha value is -1.02. The van der Waals surface area contributed by atoms with Gasteiger partial charge in [0.05, 0.1) is 0 Å². The first kappa shape index (κ1) is 15.0. The fraction of sp³-hybridized carbons (Fsp3) is 0.533. The SMILES string of the molecule is CC(C)N(C(=O)[C@@H](Cl)Cc1ccccc1)C(C)C. The predicted octanol–water partition coefficient (Wildman–Crippen LogP) is 3.48. The Morgan fingerprint density at radius 2 is 1.61 bits per heavy atom. The number of alkyl halides is 1. The Labute approximate surface area is 115 Å². The Balaban J connectivity index is 2.71. The highest BCUT2D eigenvalue weighted by molar-refractivity contribution is 6.30. The molecule has 0 spiro atoms. The van der Waals surface area contributed by atoms with Crippen LogP contribution in [0.1, 0.15) is 33.3 Å². The minimum Gasteiger partial charge on any atom is -0.337 e. The standard InChI is InChI=1S/C15H22ClNO/c1-11(2)17(12(3)4)15(18)14(16)10-13-8-6-5-7-9-13/h5-9,11-12,14H,10H2,1-4H3/t14-/m0/s1. The summed E-state index contributed by atoms with van der Waals surface area (Å²) in [7, 11) is 0. The van der Waals surface area contributed by atoms with Crippen molar-refractivity contribution in [1.82, 2.24) is 4.90 Å². The average Bonchev–Trinajstić information content (AvgIpc) is 2.29. The van der Waals surface area contributed by atoms with E-state index >= 15 is 0 Å². The van der Waals surface area contributed by atoms with Crippen LogP contribution in [0.3, 0.4) is 0 Å². The van der Waals surface area contributed by atoms with Crippen molar-refractivity contribution in [1.29, 1.82) is 0 Å². The van der Waals surface area contributed by atoms with E-state index in [9.17, 15) is 4.79 Å². The highest BCUT2D eigenvalue weighted by Gasteiger charge is 2.26. The van der Waals surface area contributed by atoms with Gasteiger partial charge in [-0.1, -0.05) is 30.3 Å². The second-order valence-corrected chi connectivity index (χ2v) is 5.62. The Morgan fingerprint density at radius 1 is 1.11 bits per heavy atom. The third kappa shape index (κ3) is 4.02. The minimum absolute atomic E-state index is 0.0190. The monoisotopic (exact) mass is 267 g/mol. The summed E-state index contributed by atoms with van der Waals surface area (Å²) in [6.45, 7) is 8.07. The van der Waals surface area contributed by atoms with Crippen LogP contribution in [0.4, 0.5) is 0 Å². The van der Waals surface area contributed by atoms with Crippen LogP contribution in [0, 0.1) is 0 Å². The predicted molar refractivity (Wildman–Crippen MR) is 76.9 cm³/mol. The van der Waals surface area contributed by atoms with E-state index in [-0.39, 0.29) is 18.0 Å². The zero-order valence-corrected chi connectivity index (χ0v) is 12.3. The average molecular weight is 268 g/mol. The molecule has 2 nitrogen and oxygen atoms in total. The lowest BCUT2D eigenvalue weighted by molar-refractivity contribution is -0.134. The molecule has 0 heterocycles. The molecule has 0 aliphatic heterocycles. The topological polar surface area (TPSA) is 20.3 Å². The van der Waals surface area contributed by atoms with Gasteiger partial charge in [0.2, 0.25) is 5.91 Å². The fourth-order valence-electron chi connectivity index (χ4n) is 2.18.